The fourth-order valence-electron chi connectivity index (χ4n) is 2.21. The van der Waals surface area contributed by atoms with E-state index in [1.165, 1.54) is 16.7 Å². The maximum Gasteiger partial charge on any atom is 0.0447 e. The third kappa shape index (κ3) is 3.72. The molecular formula is C18H17N3. The maximum absolute atomic E-state index is 4.55. The highest BCUT2D eigenvalue weighted by Crippen LogP contribution is 2.11. The standard InChI is InChI=1S/C18H17N3/c1-14-2-3-16(12-20-14)10-17-4-5-18(21-13-17)11-15-6-8-19-9-7-15/h2-9,12-13H,10-11H2,1H3. The van der Waals surface area contributed by atoms with Crippen LogP contribution in [0.5, 0.6) is 0 Å². The van der Waals surface area contributed by atoms with Gasteiger partial charge in [0.1, 0.15) is 0 Å². The van der Waals surface area contributed by atoms with E-state index < -0.39 is 0 Å². The van der Waals surface area contributed by atoms with E-state index in [-0.39, 0.29) is 0 Å². The second-order valence-electron chi connectivity index (χ2n) is 5.17. The number of hydrogen-bond donors (Lipinski definition) is 0. The van der Waals surface area contributed by atoms with Crippen LogP contribution in [0.25, 0.3) is 0 Å². The molecule has 0 saturated carbocycles. The van der Waals surface area contributed by atoms with Crippen molar-refractivity contribution >= 4 is 0 Å². The molecule has 0 atom stereocenters. The van der Waals surface area contributed by atoms with Gasteiger partial charge < -0.3 is 0 Å². The third-order valence-corrected chi connectivity index (χ3v) is 3.40. The van der Waals surface area contributed by atoms with E-state index >= 15 is 0 Å². The molecule has 21 heavy (non-hydrogen) atoms. The average molecular weight is 275 g/mol. The van der Waals surface area contributed by atoms with E-state index in [1.54, 1.807) is 0 Å². The Labute approximate surface area is 124 Å². The topological polar surface area (TPSA) is 38.7 Å². The van der Waals surface area contributed by atoms with E-state index in [1.807, 2.05) is 49.9 Å². The lowest BCUT2D eigenvalue weighted by atomic mass is 10.1. The minimum Gasteiger partial charge on any atom is -0.265 e. The Balaban J connectivity index is 1.68. The van der Waals surface area contributed by atoms with Crippen molar-refractivity contribution < 1.29 is 0 Å². The van der Waals surface area contributed by atoms with Crippen LogP contribution < -0.4 is 0 Å². The Bertz CT molecular complexity index is 689. The Morgan fingerprint density at radius 3 is 2.05 bits per heavy atom. The van der Waals surface area contributed by atoms with Gasteiger partial charge in [-0.25, -0.2) is 0 Å². The van der Waals surface area contributed by atoms with Gasteiger partial charge in [0, 0.05) is 49.0 Å². The van der Waals surface area contributed by atoms with Crippen molar-refractivity contribution in [1.82, 2.24) is 15.0 Å². The van der Waals surface area contributed by atoms with Gasteiger partial charge in [-0.2, -0.15) is 0 Å². The molecule has 0 aromatic carbocycles. The van der Waals surface area contributed by atoms with Crippen molar-refractivity contribution in [2.24, 2.45) is 0 Å². The predicted octanol–water partition coefficient (Wildman–Crippen LogP) is 3.36. The summed E-state index contributed by atoms with van der Waals surface area (Å²) in [5.74, 6) is 0. The first-order valence-electron chi connectivity index (χ1n) is 7.04. The van der Waals surface area contributed by atoms with E-state index in [4.69, 9.17) is 0 Å². The van der Waals surface area contributed by atoms with Crippen molar-refractivity contribution in [2.75, 3.05) is 0 Å². The van der Waals surface area contributed by atoms with Crippen LogP contribution >= 0.6 is 0 Å². The quantitative estimate of drug-likeness (QED) is 0.733. The van der Waals surface area contributed by atoms with Gasteiger partial charge in [-0.3, -0.25) is 15.0 Å². The van der Waals surface area contributed by atoms with E-state index in [2.05, 4.69) is 33.2 Å². The Morgan fingerprint density at radius 2 is 1.43 bits per heavy atom. The van der Waals surface area contributed by atoms with Gasteiger partial charge in [-0.05, 0) is 47.9 Å². The maximum atomic E-state index is 4.55. The van der Waals surface area contributed by atoms with Crippen molar-refractivity contribution in [1.29, 1.82) is 0 Å². The highest BCUT2D eigenvalue weighted by Gasteiger charge is 2.00. The summed E-state index contributed by atoms with van der Waals surface area (Å²) in [4.78, 5) is 12.9. The monoisotopic (exact) mass is 275 g/mol. The molecule has 0 bridgehead atoms. The Kier molecular flexibility index (Phi) is 4.01. The fraction of sp³-hybridized carbons (Fsp3) is 0.167. The lowest BCUT2D eigenvalue weighted by Gasteiger charge is -2.04. The summed E-state index contributed by atoms with van der Waals surface area (Å²) in [6.45, 7) is 2.00. The van der Waals surface area contributed by atoms with Crippen LogP contribution in [-0.2, 0) is 12.8 Å². The molecule has 0 aliphatic rings. The highest BCUT2D eigenvalue weighted by molar-refractivity contribution is 5.26. The van der Waals surface area contributed by atoms with Crippen molar-refractivity contribution in [3.63, 3.8) is 0 Å². The molecule has 3 rings (SSSR count). The van der Waals surface area contributed by atoms with Gasteiger partial charge in [0.05, 0.1) is 0 Å². The van der Waals surface area contributed by atoms with Crippen LogP contribution in [0.1, 0.15) is 28.1 Å². The number of rotatable bonds is 4. The van der Waals surface area contributed by atoms with Gasteiger partial charge in [0.25, 0.3) is 0 Å². The molecule has 0 N–H and O–H groups in total. The molecule has 0 saturated heterocycles. The molecule has 0 spiro atoms. The summed E-state index contributed by atoms with van der Waals surface area (Å²) in [6.07, 6.45) is 9.23. The van der Waals surface area contributed by atoms with Gasteiger partial charge in [-0.1, -0.05) is 12.1 Å². The number of aromatic nitrogens is 3. The van der Waals surface area contributed by atoms with Crippen LogP contribution in [0.4, 0.5) is 0 Å². The highest BCUT2D eigenvalue weighted by atomic mass is 14.7. The SMILES string of the molecule is Cc1ccc(Cc2ccc(Cc3ccncc3)nc2)cn1. The minimum atomic E-state index is 0.842. The van der Waals surface area contributed by atoms with E-state index in [0.717, 1.165) is 24.2 Å². The van der Waals surface area contributed by atoms with E-state index in [0.29, 0.717) is 0 Å². The molecule has 0 unspecified atom stereocenters. The van der Waals surface area contributed by atoms with Crippen LogP contribution in [0.2, 0.25) is 0 Å². The fourth-order valence-corrected chi connectivity index (χ4v) is 2.21. The van der Waals surface area contributed by atoms with Crippen LogP contribution in [0.15, 0.2) is 61.2 Å². The van der Waals surface area contributed by atoms with Crippen molar-refractivity contribution in [2.45, 2.75) is 19.8 Å². The van der Waals surface area contributed by atoms with Crippen LogP contribution in [0, 0.1) is 6.92 Å². The van der Waals surface area contributed by atoms with Crippen LogP contribution in [-0.4, -0.2) is 15.0 Å². The van der Waals surface area contributed by atoms with Gasteiger partial charge in [-0.15, -0.1) is 0 Å². The second kappa shape index (κ2) is 6.27. The molecule has 0 radical (unpaired) electrons. The number of nitrogens with zero attached hydrogens (tertiary/aromatic N) is 3. The number of hydrogen-bond acceptors (Lipinski definition) is 3. The lowest BCUT2D eigenvalue weighted by molar-refractivity contribution is 1.03. The molecule has 3 aromatic heterocycles. The van der Waals surface area contributed by atoms with Crippen molar-refractivity contribution in [3.8, 4) is 0 Å². The minimum absolute atomic E-state index is 0.842. The van der Waals surface area contributed by atoms with Gasteiger partial charge in [0.15, 0.2) is 0 Å². The number of pyridine rings is 3. The molecule has 0 fully saturated rings. The first kappa shape index (κ1) is 13.4. The second-order valence-corrected chi connectivity index (χ2v) is 5.17. The molecule has 3 heterocycles. The Morgan fingerprint density at radius 1 is 0.714 bits per heavy atom. The summed E-state index contributed by atoms with van der Waals surface area (Å²) < 4.78 is 0. The molecule has 0 aliphatic carbocycles. The molecular weight excluding hydrogens is 258 g/mol. The summed E-state index contributed by atoms with van der Waals surface area (Å²) in [5, 5.41) is 0. The molecule has 3 heteroatoms. The molecule has 3 nitrogen and oxygen atoms in total. The number of aryl methyl sites for hydroxylation is 1. The Hall–Kier alpha value is -2.55. The molecule has 0 aliphatic heterocycles. The molecule has 104 valence electrons. The third-order valence-electron chi connectivity index (χ3n) is 3.40. The largest absolute Gasteiger partial charge is 0.265 e. The van der Waals surface area contributed by atoms with Gasteiger partial charge in [0.2, 0.25) is 0 Å². The normalized spacial score (nSPS) is 10.5. The average Bonchev–Trinajstić information content (AvgIpc) is 2.53. The molecule has 0 amide bonds. The van der Waals surface area contributed by atoms with Crippen LogP contribution in [0.3, 0.4) is 0 Å². The zero-order valence-corrected chi connectivity index (χ0v) is 12.0. The molecule has 3 aromatic rings. The van der Waals surface area contributed by atoms with Crippen molar-refractivity contribution in [3.05, 3.63) is 89.3 Å². The van der Waals surface area contributed by atoms with E-state index in [9.17, 15) is 0 Å². The first-order valence-corrected chi connectivity index (χ1v) is 7.04. The summed E-state index contributed by atoms with van der Waals surface area (Å²) >= 11 is 0. The smallest absolute Gasteiger partial charge is 0.0447 e. The summed E-state index contributed by atoms with van der Waals surface area (Å²) in [7, 11) is 0. The predicted molar refractivity (Wildman–Crippen MR) is 83.1 cm³/mol. The first-order chi connectivity index (χ1) is 10.3. The lowest BCUT2D eigenvalue weighted by Crippen LogP contribution is -1.95. The summed E-state index contributed by atoms with van der Waals surface area (Å²) in [6, 6.07) is 12.4. The summed E-state index contributed by atoms with van der Waals surface area (Å²) in [5.41, 5.74) is 5.77. The zero-order valence-electron chi connectivity index (χ0n) is 12.0. The zero-order chi connectivity index (χ0) is 14.5. The van der Waals surface area contributed by atoms with Gasteiger partial charge >= 0.3 is 0 Å².